The van der Waals surface area contributed by atoms with Gasteiger partial charge in [-0.15, -0.1) is 0 Å². The quantitative estimate of drug-likeness (QED) is 0.630. The van der Waals surface area contributed by atoms with Crippen molar-refractivity contribution in [1.82, 2.24) is 4.90 Å². The van der Waals surface area contributed by atoms with E-state index in [1.54, 1.807) is 0 Å². The second-order valence-electron chi connectivity index (χ2n) is 5.57. The summed E-state index contributed by atoms with van der Waals surface area (Å²) >= 11 is 1.89. The van der Waals surface area contributed by atoms with Crippen molar-refractivity contribution in [1.29, 1.82) is 0 Å². The fourth-order valence-electron chi connectivity index (χ4n) is 2.87. The number of hydrogen-bond acceptors (Lipinski definition) is 2. The van der Waals surface area contributed by atoms with Crippen LogP contribution in [0.15, 0.2) is 4.99 Å². The number of halogens is 3. The van der Waals surface area contributed by atoms with Gasteiger partial charge >= 0.3 is 6.18 Å². The molecule has 2 N–H and O–H groups in total. The van der Waals surface area contributed by atoms with Crippen LogP contribution in [0.4, 0.5) is 13.2 Å². The van der Waals surface area contributed by atoms with Crippen LogP contribution in [0.1, 0.15) is 25.7 Å². The highest BCUT2D eigenvalue weighted by molar-refractivity contribution is 7.99. The molecule has 7 heteroatoms. The average molecular weight is 309 g/mol. The van der Waals surface area contributed by atoms with Crippen molar-refractivity contribution in [3.05, 3.63) is 0 Å². The molecule has 1 saturated carbocycles. The molecule has 0 spiro atoms. The van der Waals surface area contributed by atoms with Crippen molar-refractivity contribution in [3.8, 4) is 0 Å². The minimum atomic E-state index is -4.06. The largest absolute Gasteiger partial charge is 0.391 e. The van der Waals surface area contributed by atoms with Crippen LogP contribution >= 0.6 is 11.8 Å². The Morgan fingerprint density at radius 2 is 1.95 bits per heavy atom. The van der Waals surface area contributed by atoms with Crippen molar-refractivity contribution in [2.75, 3.05) is 31.1 Å². The SMILES string of the molecule is NC(=NCC1CCCC(C(F)(F)F)C1)N1CCSCC1. The third-order valence-electron chi connectivity index (χ3n) is 4.09. The molecule has 0 aromatic rings. The standard InChI is InChI=1S/C13H22F3N3S/c14-13(15,16)11-3-1-2-10(8-11)9-18-12(17)19-4-6-20-7-5-19/h10-11H,1-9H2,(H2,17,18). The molecule has 116 valence electrons. The van der Waals surface area contributed by atoms with E-state index in [0.717, 1.165) is 31.0 Å². The summed E-state index contributed by atoms with van der Waals surface area (Å²) < 4.78 is 38.2. The van der Waals surface area contributed by atoms with Gasteiger partial charge in [-0.2, -0.15) is 24.9 Å². The van der Waals surface area contributed by atoms with Gasteiger partial charge in [0.05, 0.1) is 5.92 Å². The van der Waals surface area contributed by atoms with Gasteiger partial charge in [0.1, 0.15) is 0 Å². The fourth-order valence-corrected chi connectivity index (χ4v) is 3.77. The van der Waals surface area contributed by atoms with Crippen LogP contribution in [0.2, 0.25) is 0 Å². The summed E-state index contributed by atoms with van der Waals surface area (Å²) in [7, 11) is 0. The third kappa shape index (κ3) is 4.46. The predicted molar refractivity (Wildman–Crippen MR) is 76.9 cm³/mol. The van der Waals surface area contributed by atoms with Crippen LogP contribution in [0.5, 0.6) is 0 Å². The van der Waals surface area contributed by atoms with Gasteiger partial charge < -0.3 is 10.6 Å². The number of thioether (sulfide) groups is 1. The summed E-state index contributed by atoms with van der Waals surface area (Å²) in [6.07, 6.45) is -2.11. The Bertz CT molecular complexity index is 340. The zero-order valence-corrected chi connectivity index (χ0v) is 12.3. The lowest BCUT2D eigenvalue weighted by Crippen LogP contribution is -2.43. The van der Waals surface area contributed by atoms with E-state index in [4.69, 9.17) is 5.73 Å². The lowest BCUT2D eigenvalue weighted by Gasteiger charge is -2.30. The number of alkyl halides is 3. The minimum absolute atomic E-state index is 0.0214. The molecule has 20 heavy (non-hydrogen) atoms. The number of hydrogen-bond donors (Lipinski definition) is 1. The van der Waals surface area contributed by atoms with Crippen molar-refractivity contribution < 1.29 is 13.2 Å². The first-order valence-electron chi connectivity index (χ1n) is 7.16. The Labute approximate surface area is 122 Å². The number of guanidine groups is 1. The molecule has 0 amide bonds. The molecular formula is C13H22F3N3S. The summed E-state index contributed by atoms with van der Waals surface area (Å²) in [6.45, 7) is 2.20. The molecule has 0 bridgehead atoms. The molecule has 1 saturated heterocycles. The molecule has 2 atom stereocenters. The fraction of sp³-hybridized carbons (Fsp3) is 0.923. The van der Waals surface area contributed by atoms with Gasteiger partial charge in [-0.05, 0) is 25.2 Å². The first-order chi connectivity index (χ1) is 9.47. The molecule has 2 aliphatic rings. The normalized spacial score (nSPS) is 29.6. The molecule has 0 aromatic heterocycles. The molecule has 1 aliphatic carbocycles. The van der Waals surface area contributed by atoms with Crippen molar-refractivity contribution >= 4 is 17.7 Å². The van der Waals surface area contributed by atoms with E-state index in [0.29, 0.717) is 18.9 Å². The Kier molecular flexibility index (Phi) is 5.46. The Balaban J connectivity index is 1.83. The molecule has 3 nitrogen and oxygen atoms in total. The summed E-state index contributed by atoms with van der Waals surface area (Å²) in [5.74, 6) is 1.45. The summed E-state index contributed by atoms with van der Waals surface area (Å²) in [5, 5.41) is 0. The maximum atomic E-state index is 12.7. The van der Waals surface area contributed by atoms with Gasteiger partial charge in [0, 0.05) is 31.1 Å². The second kappa shape index (κ2) is 6.91. The molecule has 0 radical (unpaired) electrons. The molecule has 1 heterocycles. The molecule has 2 fully saturated rings. The van der Waals surface area contributed by atoms with Crippen molar-refractivity contribution in [2.24, 2.45) is 22.6 Å². The van der Waals surface area contributed by atoms with Gasteiger partial charge in [0.15, 0.2) is 5.96 Å². The zero-order valence-electron chi connectivity index (χ0n) is 11.5. The van der Waals surface area contributed by atoms with Crippen molar-refractivity contribution in [2.45, 2.75) is 31.9 Å². The van der Waals surface area contributed by atoms with E-state index >= 15 is 0 Å². The van der Waals surface area contributed by atoms with Crippen LogP contribution < -0.4 is 5.73 Å². The first-order valence-corrected chi connectivity index (χ1v) is 8.31. The van der Waals surface area contributed by atoms with E-state index in [1.807, 2.05) is 16.7 Å². The number of nitrogens with zero attached hydrogens (tertiary/aromatic N) is 2. The van der Waals surface area contributed by atoms with Gasteiger partial charge in [-0.3, -0.25) is 4.99 Å². The maximum Gasteiger partial charge on any atom is 0.391 e. The summed E-state index contributed by atoms with van der Waals surface area (Å²) in [4.78, 5) is 6.36. The summed E-state index contributed by atoms with van der Waals surface area (Å²) in [5.41, 5.74) is 5.93. The lowest BCUT2D eigenvalue weighted by atomic mass is 9.81. The monoisotopic (exact) mass is 309 g/mol. The molecule has 2 rings (SSSR count). The third-order valence-corrected chi connectivity index (χ3v) is 5.03. The Morgan fingerprint density at radius 3 is 2.60 bits per heavy atom. The molecule has 1 aliphatic heterocycles. The molecule has 0 aromatic carbocycles. The van der Waals surface area contributed by atoms with E-state index in [9.17, 15) is 13.2 Å². The predicted octanol–water partition coefficient (Wildman–Crippen LogP) is 2.72. The number of nitrogens with two attached hydrogens (primary N) is 1. The topological polar surface area (TPSA) is 41.6 Å². The van der Waals surface area contributed by atoms with Crippen LogP contribution in [-0.2, 0) is 0 Å². The number of aliphatic imine (C=N–C) groups is 1. The smallest absolute Gasteiger partial charge is 0.370 e. The highest BCUT2D eigenvalue weighted by Gasteiger charge is 2.41. The number of rotatable bonds is 2. The molecule has 2 unspecified atom stereocenters. The van der Waals surface area contributed by atoms with Gasteiger partial charge in [-0.25, -0.2) is 0 Å². The average Bonchev–Trinajstić information content (AvgIpc) is 2.45. The van der Waals surface area contributed by atoms with Gasteiger partial charge in [-0.1, -0.05) is 6.42 Å². The zero-order chi connectivity index (χ0) is 14.6. The van der Waals surface area contributed by atoms with Gasteiger partial charge in [0.2, 0.25) is 0 Å². The van der Waals surface area contributed by atoms with E-state index in [1.165, 1.54) is 0 Å². The Hall–Kier alpha value is -0.590. The second-order valence-corrected chi connectivity index (χ2v) is 6.79. The Morgan fingerprint density at radius 1 is 1.25 bits per heavy atom. The van der Waals surface area contributed by atoms with E-state index in [-0.39, 0.29) is 18.8 Å². The van der Waals surface area contributed by atoms with Crippen molar-refractivity contribution in [3.63, 3.8) is 0 Å². The highest BCUT2D eigenvalue weighted by Crippen LogP contribution is 2.39. The minimum Gasteiger partial charge on any atom is -0.370 e. The lowest BCUT2D eigenvalue weighted by molar-refractivity contribution is -0.185. The van der Waals surface area contributed by atoms with Crippen LogP contribution in [0.3, 0.4) is 0 Å². The van der Waals surface area contributed by atoms with Crippen LogP contribution in [0, 0.1) is 11.8 Å². The van der Waals surface area contributed by atoms with Gasteiger partial charge in [0.25, 0.3) is 0 Å². The van der Waals surface area contributed by atoms with E-state index < -0.39 is 12.1 Å². The first kappa shape index (κ1) is 15.8. The highest BCUT2D eigenvalue weighted by atomic mass is 32.2. The van der Waals surface area contributed by atoms with Crippen LogP contribution in [0.25, 0.3) is 0 Å². The van der Waals surface area contributed by atoms with Crippen LogP contribution in [-0.4, -0.2) is 48.2 Å². The maximum absolute atomic E-state index is 12.7. The molecular weight excluding hydrogens is 287 g/mol. The van der Waals surface area contributed by atoms with E-state index in [2.05, 4.69) is 4.99 Å². The summed E-state index contributed by atoms with van der Waals surface area (Å²) in [6, 6.07) is 0.